The van der Waals surface area contributed by atoms with Crippen molar-refractivity contribution in [2.75, 3.05) is 7.11 Å². The molecule has 0 saturated carbocycles. The van der Waals surface area contributed by atoms with E-state index in [4.69, 9.17) is 4.74 Å². The molecular weight excluding hydrogens is 210 g/mol. The molecule has 2 aromatic rings. The molecule has 0 aliphatic heterocycles. The maximum Gasteiger partial charge on any atom is 0.122 e. The molecule has 2 nitrogen and oxygen atoms in total. The highest BCUT2D eigenvalue weighted by Crippen LogP contribution is 2.25. The Kier molecular flexibility index (Phi) is 5.21. The molecule has 17 heavy (non-hydrogen) atoms. The zero-order valence-electron chi connectivity index (χ0n) is 10.9. The highest BCUT2D eigenvalue weighted by molar-refractivity contribution is 5.65. The number of rotatable bonds is 2. The third-order valence-corrected chi connectivity index (χ3v) is 2.40. The predicted octanol–water partition coefficient (Wildman–Crippen LogP) is 4.09. The zero-order chi connectivity index (χ0) is 12.7. The minimum absolute atomic E-state index is 0.913. The largest absolute Gasteiger partial charge is 0.496 e. The Morgan fingerprint density at radius 3 is 2.41 bits per heavy atom. The highest BCUT2D eigenvalue weighted by Gasteiger charge is 2.01. The van der Waals surface area contributed by atoms with Gasteiger partial charge in [-0.3, -0.25) is 4.98 Å². The van der Waals surface area contributed by atoms with Crippen molar-refractivity contribution in [3.63, 3.8) is 0 Å². The van der Waals surface area contributed by atoms with E-state index in [1.807, 2.05) is 45.2 Å². The lowest BCUT2D eigenvalue weighted by atomic mass is 10.1. The molecule has 0 aliphatic carbocycles. The Hall–Kier alpha value is -1.83. The first kappa shape index (κ1) is 13.2. The van der Waals surface area contributed by atoms with E-state index in [0.29, 0.717) is 0 Å². The van der Waals surface area contributed by atoms with Crippen molar-refractivity contribution in [1.29, 1.82) is 0 Å². The molecule has 2 heteroatoms. The molecular formula is C15H19NO. The Morgan fingerprint density at radius 1 is 1.06 bits per heavy atom. The summed E-state index contributed by atoms with van der Waals surface area (Å²) in [5.74, 6) is 0.913. The van der Waals surface area contributed by atoms with Crippen LogP contribution in [-0.2, 0) is 0 Å². The Bertz CT molecular complexity index is 452. The summed E-state index contributed by atoms with van der Waals surface area (Å²) in [6.07, 6.45) is 3.62. The van der Waals surface area contributed by atoms with Gasteiger partial charge >= 0.3 is 0 Å². The quantitative estimate of drug-likeness (QED) is 0.773. The number of ether oxygens (including phenoxy) is 1. The van der Waals surface area contributed by atoms with Crippen molar-refractivity contribution >= 4 is 0 Å². The van der Waals surface area contributed by atoms with Crippen molar-refractivity contribution in [2.45, 2.75) is 20.8 Å². The van der Waals surface area contributed by atoms with Crippen molar-refractivity contribution < 1.29 is 4.74 Å². The van der Waals surface area contributed by atoms with Crippen molar-refractivity contribution in [3.05, 3.63) is 48.3 Å². The van der Waals surface area contributed by atoms with Gasteiger partial charge in [0.1, 0.15) is 5.75 Å². The van der Waals surface area contributed by atoms with Crippen LogP contribution in [0.5, 0.6) is 5.75 Å². The fraction of sp³-hybridized carbons (Fsp3) is 0.267. The maximum atomic E-state index is 5.29. The van der Waals surface area contributed by atoms with E-state index in [1.54, 1.807) is 13.3 Å². The fourth-order valence-corrected chi connectivity index (χ4v) is 1.53. The number of aryl methyl sites for hydroxylation is 1. The predicted molar refractivity (Wildman–Crippen MR) is 72.3 cm³/mol. The fourth-order valence-electron chi connectivity index (χ4n) is 1.53. The van der Waals surface area contributed by atoms with E-state index in [-0.39, 0.29) is 0 Å². The van der Waals surface area contributed by atoms with Crippen molar-refractivity contribution in [2.24, 2.45) is 0 Å². The summed E-state index contributed by atoms with van der Waals surface area (Å²) in [4.78, 5) is 4.10. The average Bonchev–Trinajstić information content (AvgIpc) is 2.42. The zero-order valence-corrected chi connectivity index (χ0v) is 10.9. The van der Waals surface area contributed by atoms with Gasteiger partial charge in [-0.15, -0.1) is 0 Å². The molecule has 1 heterocycles. The Balaban J connectivity index is 0.000000686. The number of pyridine rings is 1. The van der Waals surface area contributed by atoms with E-state index in [0.717, 1.165) is 22.4 Å². The second-order valence-electron chi connectivity index (χ2n) is 3.43. The molecule has 0 aliphatic rings. The minimum atomic E-state index is 0.913. The number of benzene rings is 1. The second-order valence-corrected chi connectivity index (χ2v) is 3.43. The van der Waals surface area contributed by atoms with Gasteiger partial charge in [0.2, 0.25) is 0 Å². The molecule has 0 N–H and O–H groups in total. The minimum Gasteiger partial charge on any atom is -0.496 e. The number of methoxy groups -OCH3 is 1. The van der Waals surface area contributed by atoms with Gasteiger partial charge in [-0.1, -0.05) is 32.0 Å². The molecule has 2 rings (SSSR count). The molecule has 0 spiro atoms. The van der Waals surface area contributed by atoms with Crippen molar-refractivity contribution in [3.8, 4) is 16.9 Å². The third-order valence-electron chi connectivity index (χ3n) is 2.40. The van der Waals surface area contributed by atoms with Gasteiger partial charge in [-0.2, -0.15) is 0 Å². The van der Waals surface area contributed by atoms with Gasteiger partial charge < -0.3 is 4.74 Å². The molecule has 0 fully saturated rings. The van der Waals surface area contributed by atoms with Gasteiger partial charge in [-0.05, 0) is 30.2 Å². The molecule has 1 aromatic carbocycles. The standard InChI is InChI=1S/C13H13NO.C2H6/c1-10-5-6-11(8-13(10)15-2)12-4-3-7-14-9-12;1-2/h3-9H,1-2H3;1-2H3. The summed E-state index contributed by atoms with van der Waals surface area (Å²) in [5.41, 5.74) is 3.38. The van der Waals surface area contributed by atoms with Gasteiger partial charge in [0.15, 0.2) is 0 Å². The summed E-state index contributed by atoms with van der Waals surface area (Å²) < 4.78 is 5.29. The normalized spacial score (nSPS) is 9.18. The lowest BCUT2D eigenvalue weighted by Crippen LogP contribution is -1.88. The van der Waals surface area contributed by atoms with Crippen LogP contribution in [0.1, 0.15) is 19.4 Å². The van der Waals surface area contributed by atoms with Crippen LogP contribution >= 0.6 is 0 Å². The number of aromatic nitrogens is 1. The molecule has 0 radical (unpaired) electrons. The van der Waals surface area contributed by atoms with E-state index in [1.165, 1.54) is 0 Å². The molecule has 0 amide bonds. The van der Waals surface area contributed by atoms with Gasteiger partial charge in [-0.25, -0.2) is 0 Å². The summed E-state index contributed by atoms with van der Waals surface area (Å²) in [7, 11) is 1.69. The molecule has 1 aromatic heterocycles. The van der Waals surface area contributed by atoms with Crippen LogP contribution in [-0.4, -0.2) is 12.1 Å². The van der Waals surface area contributed by atoms with Crippen LogP contribution < -0.4 is 4.74 Å². The van der Waals surface area contributed by atoms with E-state index >= 15 is 0 Å². The summed E-state index contributed by atoms with van der Waals surface area (Å²) in [5, 5.41) is 0. The summed E-state index contributed by atoms with van der Waals surface area (Å²) in [6, 6.07) is 10.1. The van der Waals surface area contributed by atoms with Crippen LogP contribution in [0, 0.1) is 6.92 Å². The number of nitrogens with zero attached hydrogens (tertiary/aromatic N) is 1. The van der Waals surface area contributed by atoms with Gasteiger partial charge in [0.25, 0.3) is 0 Å². The SMILES string of the molecule is CC.COc1cc(-c2cccnc2)ccc1C. The Morgan fingerprint density at radius 2 is 1.82 bits per heavy atom. The van der Waals surface area contributed by atoms with E-state index in [2.05, 4.69) is 17.1 Å². The lowest BCUT2D eigenvalue weighted by molar-refractivity contribution is 0.412. The second kappa shape index (κ2) is 6.69. The third kappa shape index (κ3) is 3.31. The van der Waals surface area contributed by atoms with Crippen LogP contribution in [0.15, 0.2) is 42.7 Å². The first-order chi connectivity index (χ1) is 8.31. The molecule has 0 unspecified atom stereocenters. The molecule has 90 valence electrons. The van der Waals surface area contributed by atoms with Crippen LogP contribution in [0.25, 0.3) is 11.1 Å². The lowest BCUT2D eigenvalue weighted by Gasteiger charge is -2.07. The molecule has 0 saturated heterocycles. The summed E-state index contributed by atoms with van der Waals surface area (Å²) in [6.45, 7) is 6.03. The molecule has 0 atom stereocenters. The number of hydrogen-bond acceptors (Lipinski definition) is 2. The van der Waals surface area contributed by atoms with Crippen LogP contribution in [0.3, 0.4) is 0 Å². The van der Waals surface area contributed by atoms with Gasteiger partial charge in [0.05, 0.1) is 7.11 Å². The van der Waals surface area contributed by atoms with Crippen molar-refractivity contribution in [1.82, 2.24) is 4.98 Å². The topological polar surface area (TPSA) is 22.1 Å². The maximum absolute atomic E-state index is 5.29. The van der Waals surface area contributed by atoms with E-state index in [9.17, 15) is 0 Å². The first-order valence-electron chi connectivity index (χ1n) is 5.86. The Labute approximate surface area is 103 Å². The van der Waals surface area contributed by atoms with Crippen LogP contribution in [0.4, 0.5) is 0 Å². The van der Waals surface area contributed by atoms with Crippen LogP contribution in [0.2, 0.25) is 0 Å². The molecule has 0 bridgehead atoms. The number of hydrogen-bond donors (Lipinski definition) is 0. The first-order valence-corrected chi connectivity index (χ1v) is 5.86. The monoisotopic (exact) mass is 229 g/mol. The smallest absolute Gasteiger partial charge is 0.122 e. The highest BCUT2D eigenvalue weighted by atomic mass is 16.5. The van der Waals surface area contributed by atoms with E-state index < -0.39 is 0 Å². The summed E-state index contributed by atoms with van der Waals surface area (Å²) >= 11 is 0. The van der Waals surface area contributed by atoms with Gasteiger partial charge in [0, 0.05) is 18.0 Å². The average molecular weight is 229 g/mol.